The fourth-order valence-corrected chi connectivity index (χ4v) is 3.05. The van der Waals surface area contributed by atoms with E-state index < -0.39 is 6.04 Å². The predicted octanol–water partition coefficient (Wildman–Crippen LogP) is 3.23. The Hall–Kier alpha value is -3.22. The molecule has 3 amide bonds. The van der Waals surface area contributed by atoms with Crippen LogP contribution in [0.15, 0.2) is 48.5 Å². The molecule has 2 aromatic rings. The van der Waals surface area contributed by atoms with Gasteiger partial charge in [0.2, 0.25) is 5.91 Å². The smallest absolute Gasteiger partial charge is 0.322 e. The number of nitrogens with zero attached hydrogens (tertiary/aromatic N) is 1. The number of rotatable bonds is 5. The molecule has 3 rings (SSSR count). The van der Waals surface area contributed by atoms with Crippen LogP contribution in [0.5, 0.6) is 17.2 Å². The van der Waals surface area contributed by atoms with Gasteiger partial charge in [-0.3, -0.25) is 4.79 Å². The number of nitrogens with one attached hydrogen (secondary N) is 2. The number of carbonyl (C=O) groups is 2. The molecule has 0 aromatic heterocycles. The Labute approximate surface area is 158 Å². The van der Waals surface area contributed by atoms with E-state index in [0.29, 0.717) is 35.9 Å². The summed E-state index contributed by atoms with van der Waals surface area (Å²) in [5.74, 6) is 1.89. The highest BCUT2D eigenvalue weighted by atomic mass is 16.5. The van der Waals surface area contributed by atoms with Gasteiger partial charge in [0.05, 0.1) is 7.11 Å². The molecule has 2 N–H and O–H groups in total. The van der Waals surface area contributed by atoms with Crippen LogP contribution in [-0.4, -0.2) is 43.6 Å². The number of urea groups is 1. The number of ether oxygens (including phenoxy) is 2. The lowest BCUT2D eigenvalue weighted by Gasteiger charge is -2.23. The van der Waals surface area contributed by atoms with E-state index >= 15 is 0 Å². The Kier molecular flexibility index (Phi) is 5.80. The third-order valence-corrected chi connectivity index (χ3v) is 4.45. The molecule has 0 bridgehead atoms. The molecule has 1 aliphatic heterocycles. The van der Waals surface area contributed by atoms with Gasteiger partial charge < -0.3 is 25.0 Å². The molecule has 0 unspecified atom stereocenters. The Morgan fingerprint density at radius 2 is 1.81 bits per heavy atom. The Morgan fingerprint density at radius 3 is 2.52 bits per heavy atom. The molecule has 0 spiro atoms. The number of benzene rings is 2. The third-order valence-electron chi connectivity index (χ3n) is 4.45. The van der Waals surface area contributed by atoms with E-state index in [-0.39, 0.29) is 11.9 Å². The second kappa shape index (κ2) is 8.44. The minimum atomic E-state index is -0.411. The van der Waals surface area contributed by atoms with Crippen LogP contribution in [-0.2, 0) is 4.79 Å². The molecule has 1 fully saturated rings. The summed E-state index contributed by atoms with van der Waals surface area (Å²) < 4.78 is 11.0. The molecule has 1 atom stereocenters. The van der Waals surface area contributed by atoms with Gasteiger partial charge in [0.25, 0.3) is 0 Å². The van der Waals surface area contributed by atoms with Crippen LogP contribution in [0.4, 0.5) is 10.5 Å². The van der Waals surface area contributed by atoms with Gasteiger partial charge in [0.1, 0.15) is 23.3 Å². The van der Waals surface area contributed by atoms with Gasteiger partial charge in [0, 0.05) is 25.3 Å². The molecule has 1 aliphatic rings. The molecule has 142 valence electrons. The van der Waals surface area contributed by atoms with E-state index in [1.54, 1.807) is 49.4 Å². The number of anilines is 1. The van der Waals surface area contributed by atoms with E-state index in [1.165, 1.54) is 0 Å². The van der Waals surface area contributed by atoms with E-state index in [1.807, 2.05) is 18.2 Å². The van der Waals surface area contributed by atoms with Crippen LogP contribution in [0, 0.1) is 0 Å². The second-order valence-electron chi connectivity index (χ2n) is 6.20. The van der Waals surface area contributed by atoms with Gasteiger partial charge in [0.15, 0.2) is 0 Å². The van der Waals surface area contributed by atoms with Gasteiger partial charge in [-0.2, -0.15) is 0 Å². The van der Waals surface area contributed by atoms with Crippen molar-refractivity contribution >= 4 is 17.6 Å². The first-order valence-electron chi connectivity index (χ1n) is 8.82. The van der Waals surface area contributed by atoms with E-state index in [0.717, 1.165) is 6.42 Å². The van der Waals surface area contributed by atoms with Crippen LogP contribution in [0.25, 0.3) is 0 Å². The van der Waals surface area contributed by atoms with E-state index in [4.69, 9.17) is 9.47 Å². The topological polar surface area (TPSA) is 79.9 Å². The van der Waals surface area contributed by atoms with Crippen LogP contribution < -0.4 is 20.1 Å². The van der Waals surface area contributed by atoms with Crippen molar-refractivity contribution in [2.45, 2.75) is 18.9 Å². The average molecular weight is 369 g/mol. The first-order chi connectivity index (χ1) is 13.1. The highest BCUT2D eigenvalue weighted by Gasteiger charge is 2.33. The molecule has 0 aliphatic carbocycles. The fourth-order valence-electron chi connectivity index (χ4n) is 3.05. The molecule has 0 radical (unpaired) electrons. The number of hydrogen-bond donors (Lipinski definition) is 2. The molecule has 27 heavy (non-hydrogen) atoms. The van der Waals surface area contributed by atoms with Crippen LogP contribution in [0.2, 0.25) is 0 Å². The molecular weight excluding hydrogens is 346 g/mol. The number of amides is 3. The predicted molar refractivity (Wildman–Crippen MR) is 102 cm³/mol. The first-order valence-corrected chi connectivity index (χ1v) is 8.82. The van der Waals surface area contributed by atoms with Crippen LogP contribution in [0.1, 0.15) is 12.8 Å². The minimum absolute atomic E-state index is 0.135. The first kappa shape index (κ1) is 18.6. The van der Waals surface area contributed by atoms with Crippen LogP contribution in [0.3, 0.4) is 0 Å². The Morgan fingerprint density at radius 1 is 1.07 bits per heavy atom. The molecular formula is C20H23N3O4. The van der Waals surface area contributed by atoms with Crippen LogP contribution >= 0.6 is 0 Å². The number of likely N-dealkylation sites (N-methyl/N-ethyl adjacent to an activating group) is 1. The SMILES string of the molecule is CNC(=O)[C@@H]1CCCN1C(=O)Nc1ccc(Oc2cccc(OC)c2)cc1. The number of likely N-dealkylation sites (tertiary alicyclic amines) is 1. The number of hydrogen-bond acceptors (Lipinski definition) is 4. The lowest BCUT2D eigenvalue weighted by Crippen LogP contribution is -2.46. The largest absolute Gasteiger partial charge is 0.497 e. The van der Waals surface area contributed by atoms with Gasteiger partial charge in [-0.25, -0.2) is 4.79 Å². The molecule has 1 heterocycles. The summed E-state index contributed by atoms with van der Waals surface area (Å²) in [5.41, 5.74) is 0.639. The van der Waals surface area contributed by atoms with Crippen molar-refractivity contribution in [3.63, 3.8) is 0 Å². The average Bonchev–Trinajstić information content (AvgIpc) is 3.19. The van der Waals surface area contributed by atoms with Crippen molar-refractivity contribution in [3.05, 3.63) is 48.5 Å². The lowest BCUT2D eigenvalue weighted by atomic mass is 10.2. The summed E-state index contributed by atoms with van der Waals surface area (Å²) in [4.78, 5) is 25.9. The molecule has 0 saturated carbocycles. The highest BCUT2D eigenvalue weighted by Crippen LogP contribution is 2.26. The van der Waals surface area contributed by atoms with E-state index in [9.17, 15) is 9.59 Å². The van der Waals surface area contributed by atoms with Gasteiger partial charge in [-0.1, -0.05) is 6.07 Å². The Balaban J connectivity index is 1.61. The minimum Gasteiger partial charge on any atom is -0.497 e. The molecule has 1 saturated heterocycles. The summed E-state index contributed by atoms with van der Waals surface area (Å²) in [7, 11) is 3.18. The number of methoxy groups -OCH3 is 1. The van der Waals surface area contributed by atoms with Crippen molar-refractivity contribution in [1.82, 2.24) is 10.2 Å². The second-order valence-corrected chi connectivity index (χ2v) is 6.20. The maximum atomic E-state index is 12.5. The van der Waals surface area contributed by atoms with Crippen molar-refractivity contribution < 1.29 is 19.1 Å². The zero-order valence-corrected chi connectivity index (χ0v) is 15.4. The highest BCUT2D eigenvalue weighted by molar-refractivity contribution is 5.94. The quantitative estimate of drug-likeness (QED) is 0.848. The van der Waals surface area contributed by atoms with Gasteiger partial charge in [-0.05, 0) is 49.2 Å². The summed E-state index contributed by atoms with van der Waals surface area (Å²) in [6.07, 6.45) is 1.50. The molecule has 7 nitrogen and oxygen atoms in total. The normalized spacial score (nSPS) is 15.9. The maximum absolute atomic E-state index is 12.5. The zero-order chi connectivity index (χ0) is 19.2. The van der Waals surface area contributed by atoms with Crippen molar-refractivity contribution in [2.24, 2.45) is 0 Å². The summed E-state index contributed by atoms with van der Waals surface area (Å²) in [6, 6.07) is 13.7. The van der Waals surface area contributed by atoms with Gasteiger partial charge in [-0.15, -0.1) is 0 Å². The van der Waals surface area contributed by atoms with Gasteiger partial charge >= 0.3 is 6.03 Å². The lowest BCUT2D eigenvalue weighted by molar-refractivity contribution is -0.124. The van der Waals surface area contributed by atoms with Crippen molar-refractivity contribution in [1.29, 1.82) is 0 Å². The third kappa shape index (κ3) is 4.49. The monoisotopic (exact) mass is 369 g/mol. The summed E-state index contributed by atoms with van der Waals surface area (Å²) >= 11 is 0. The molecule has 2 aromatic carbocycles. The maximum Gasteiger partial charge on any atom is 0.322 e. The zero-order valence-electron chi connectivity index (χ0n) is 15.4. The van der Waals surface area contributed by atoms with Crippen molar-refractivity contribution in [3.8, 4) is 17.2 Å². The summed E-state index contributed by atoms with van der Waals surface area (Å²) in [6.45, 7) is 0.570. The fraction of sp³-hybridized carbons (Fsp3) is 0.300. The molecule has 7 heteroatoms. The summed E-state index contributed by atoms with van der Waals surface area (Å²) in [5, 5.41) is 5.44. The van der Waals surface area contributed by atoms with E-state index in [2.05, 4.69) is 10.6 Å². The standard InChI is InChI=1S/C20H23N3O4/c1-21-19(24)18-7-4-12-23(18)20(25)22-14-8-10-15(11-9-14)27-17-6-3-5-16(13-17)26-2/h3,5-6,8-11,13,18H,4,7,12H2,1-2H3,(H,21,24)(H,22,25)/t18-/m0/s1. The number of carbonyl (C=O) groups excluding carboxylic acids is 2. The Bertz CT molecular complexity index is 807. The van der Waals surface area contributed by atoms with Crippen molar-refractivity contribution in [2.75, 3.05) is 26.0 Å².